The summed E-state index contributed by atoms with van der Waals surface area (Å²) >= 11 is 0. The molecule has 0 aliphatic carbocycles. The zero-order valence-electron chi connectivity index (χ0n) is 13.2. The van der Waals surface area contributed by atoms with Crippen LogP contribution in [0.4, 0.5) is 4.79 Å². The molecule has 1 aromatic rings. The van der Waals surface area contributed by atoms with Gasteiger partial charge in [0.25, 0.3) is 0 Å². The number of carbonyl (C=O) groups is 2. The number of likely N-dealkylation sites (tertiary alicyclic amines) is 1. The molecule has 2 aliphatic heterocycles. The standard InChI is InChI=1S/C18H22N2O3/c1-2-15(14-8-4-3-5-9-14)16(19-10-6-7-11-19)17(21)20-12-13-23-18(20)22/h2-5,8-9,15-16H,1,6-7,10-13H2/t15-,16-/m0/s1. The van der Waals surface area contributed by atoms with Crippen LogP contribution < -0.4 is 0 Å². The second-order valence-corrected chi connectivity index (χ2v) is 5.96. The number of hydrogen-bond donors (Lipinski definition) is 0. The maximum absolute atomic E-state index is 13.1. The van der Waals surface area contributed by atoms with Crippen molar-refractivity contribution >= 4 is 12.0 Å². The Balaban J connectivity index is 1.92. The topological polar surface area (TPSA) is 49.9 Å². The molecule has 0 unspecified atom stereocenters. The normalized spacial score (nSPS) is 21.0. The fourth-order valence-electron chi connectivity index (χ4n) is 3.43. The Kier molecular flexibility index (Phi) is 4.76. The van der Waals surface area contributed by atoms with E-state index in [0.717, 1.165) is 31.5 Å². The highest BCUT2D eigenvalue weighted by Gasteiger charge is 2.41. The number of imide groups is 1. The molecule has 2 saturated heterocycles. The van der Waals surface area contributed by atoms with Gasteiger partial charge in [0.15, 0.2) is 0 Å². The maximum atomic E-state index is 13.1. The van der Waals surface area contributed by atoms with E-state index in [9.17, 15) is 9.59 Å². The lowest BCUT2D eigenvalue weighted by Gasteiger charge is -2.33. The van der Waals surface area contributed by atoms with E-state index in [-0.39, 0.29) is 18.4 Å². The van der Waals surface area contributed by atoms with Gasteiger partial charge < -0.3 is 4.74 Å². The lowest BCUT2D eigenvalue weighted by molar-refractivity contribution is -0.133. The minimum atomic E-state index is -0.532. The van der Waals surface area contributed by atoms with Crippen LogP contribution in [0.15, 0.2) is 43.0 Å². The molecule has 0 spiro atoms. The van der Waals surface area contributed by atoms with Crippen LogP contribution in [0.25, 0.3) is 0 Å². The number of ether oxygens (including phenoxy) is 1. The number of amides is 2. The SMILES string of the molecule is C=C[C@@H](c1ccccc1)[C@@H](C(=O)N1CCOC1=O)N1CCCC1. The van der Waals surface area contributed by atoms with Crippen molar-refractivity contribution < 1.29 is 14.3 Å². The predicted molar refractivity (Wildman–Crippen MR) is 87.0 cm³/mol. The van der Waals surface area contributed by atoms with Gasteiger partial charge in [-0.3, -0.25) is 9.69 Å². The Labute approximate surface area is 136 Å². The average Bonchev–Trinajstić information content (AvgIpc) is 3.24. The van der Waals surface area contributed by atoms with Crippen LogP contribution in [0.5, 0.6) is 0 Å². The van der Waals surface area contributed by atoms with Crippen molar-refractivity contribution in [2.75, 3.05) is 26.2 Å². The molecular weight excluding hydrogens is 292 g/mol. The third-order valence-corrected chi connectivity index (χ3v) is 4.59. The first-order valence-electron chi connectivity index (χ1n) is 8.12. The molecule has 0 saturated carbocycles. The zero-order valence-corrected chi connectivity index (χ0v) is 13.2. The number of benzene rings is 1. The van der Waals surface area contributed by atoms with Crippen molar-refractivity contribution in [3.63, 3.8) is 0 Å². The predicted octanol–water partition coefficient (Wildman–Crippen LogP) is 2.40. The van der Waals surface area contributed by atoms with Crippen molar-refractivity contribution in [1.29, 1.82) is 0 Å². The van der Waals surface area contributed by atoms with Gasteiger partial charge in [0, 0.05) is 5.92 Å². The summed E-state index contributed by atoms with van der Waals surface area (Å²) < 4.78 is 4.94. The lowest BCUT2D eigenvalue weighted by atomic mass is 9.89. The van der Waals surface area contributed by atoms with Crippen LogP contribution >= 0.6 is 0 Å². The monoisotopic (exact) mass is 314 g/mol. The van der Waals surface area contributed by atoms with Gasteiger partial charge in [0.2, 0.25) is 5.91 Å². The van der Waals surface area contributed by atoms with E-state index in [4.69, 9.17) is 4.74 Å². The van der Waals surface area contributed by atoms with Crippen molar-refractivity contribution in [2.45, 2.75) is 24.8 Å². The molecule has 122 valence electrons. The molecule has 1 aromatic carbocycles. The third-order valence-electron chi connectivity index (χ3n) is 4.59. The van der Waals surface area contributed by atoms with Crippen LogP contribution in [0.1, 0.15) is 24.3 Å². The van der Waals surface area contributed by atoms with Crippen molar-refractivity contribution in [3.8, 4) is 0 Å². The molecule has 3 rings (SSSR count). The number of rotatable bonds is 5. The molecule has 5 heteroatoms. The Hall–Kier alpha value is -2.14. The molecule has 2 heterocycles. The summed E-state index contributed by atoms with van der Waals surface area (Å²) in [6, 6.07) is 9.48. The third kappa shape index (κ3) is 3.15. The van der Waals surface area contributed by atoms with Gasteiger partial charge >= 0.3 is 6.09 Å². The first-order chi connectivity index (χ1) is 11.2. The molecule has 23 heavy (non-hydrogen) atoms. The number of hydrogen-bond acceptors (Lipinski definition) is 4. The van der Waals surface area contributed by atoms with E-state index in [1.165, 1.54) is 4.90 Å². The molecule has 5 nitrogen and oxygen atoms in total. The van der Waals surface area contributed by atoms with E-state index >= 15 is 0 Å². The van der Waals surface area contributed by atoms with Crippen molar-refractivity contribution in [1.82, 2.24) is 9.80 Å². The fourth-order valence-corrected chi connectivity index (χ4v) is 3.43. The summed E-state index contributed by atoms with van der Waals surface area (Å²) in [7, 11) is 0. The van der Waals surface area contributed by atoms with E-state index in [2.05, 4.69) is 11.5 Å². The van der Waals surface area contributed by atoms with Crippen LogP contribution in [0.3, 0.4) is 0 Å². The van der Waals surface area contributed by atoms with Crippen LogP contribution in [0, 0.1) is 0 Å². The van der Waals surface area contributed by atoms with Crippen molar-refractivity contribution in [3.05, 3.63) is 48.6 Å². The van der Waals surface area contributed by atoms with Crippen molar-refractivity contribution in [2.24, 2.45) is 0 Å². The Morgan fingerprint density at radius 3 is 2.43 bits per heavy atom. The molecule has 0 radical (unpaired) electrons. The molecular formula is C18H22N2O3. The largest absolute Gasteiger partial charge is 0.447 e. The molecule has 2 amide bonds. The molecule has 0 N–H and O–H groups in total. The van der Waals surface area contributed by atoms with Crippen LogP contribution in [-0.4, -0.2) is 54.1 Å². The van der Waals surface area contributed by atoms with Crippen LogP contribution in [-0.2, 0) is 9.53 Å². The lowest BCUT2D eigenvalue weighted by Crippen LogP contribution is -2.50. The summed E-state index contributed by atoms with van der Waals surface area (Å²) in [5.74, 6) is -0.321. The summed E-state index contributed by atoms with van der Waals surface area (Å²) in [6.45, 7) is 6.30. The van der Waals surface area contributed by atoms with Gasteiger partial charge in [0.05, 0.1) is 6.54 Å². The molecule has 0 aromatic heterocycles. The first kappa shape index (κ1) is 15.7. The summed E-state index contributed by atoms with van der Waals surface area (Å²) in [5, 5.41) is 0. The number of nitrogens with zero attached hydrogens (tertiary/aromatic N) is 2. The van der Waals surface area contributed by atoms with Gasteiger partial charge in [-0.25, -0.2) is 9.69 Å². The Bertz CT molecular complexity index is 581. The van der Waals surface area contributed by atoms with Gasteiger partial charge in [-0.15, -0.1) is 6.58 Å². The number of cyclic esters (lactones) is 1. The molecule has 2 atom stereocenters. The van der Waals surface area contributed by atoms with Gasteiger partial charge in [-0.2, -0.15) is 0 Å². The smallest absolute Gasteiger partial charge is 0.416 e. The average molecular weight is 314 g/mol. The highest BCUT2D eigenvalue weighted by molar-refractivity contribution is 5.96. The zero-order chi connectivity index (χ0) is 16.2. The van der Waals surface area contributed by atoms with E-state index in [0.29, 0.717) is 6.54 Å². The second kappa shape index (κ2) is 6.96. The van der Waals surface area contributed by atoms with Crippen LogP contribution in [0.2, 0.25) is 0 Å². The second-order valence-electron chi connectivity index (χ2n) is 5.96. The quantitative estimate of drug-likeness (QED) is 0.783. The minimum Gasteiger partial charge on any atom is -0.447 e. The first-order valence-corrected chi connectivity index (χ1v) is 8.12. The summed E-state index contributed by atoms with van der Waals surface area (Å²) in [5.41, 5.74) is 1.04. The van der Waals surface area contributed by atoms with Gasteiger partial charge in [-0.1, -0.05) is 36.4 Å². The fraction of sp³-hybridized carbons (Fsp3) is 0.444. The van der Waals surface area contributed by atoms with E-state index in [1.54, 1.807) is 0 Å². The number of carbonyl (C=O) groups excluding carboxylic acids is 2. The molecule has 2 fully saturated rings. The summed E-state index contributed by atoms with van der Waals surface area (Å²) in [4.78, 5) is 28.3. The Morgan fingerprint density at radius 1 is 1.17 bits per heavy atom. The van der Waals surface area contributed by atoms with Gasteiger partial charge in [-0.05, 0) is 31.5 Å². The molecule has 0 bridgehead atoms. The van der Waals surface area contributed by atoms with E-state index in [1.807, 2.05) is 36.4 Å². The summed E-state index contributed by atoms with van der Waals surface area (Å²) in [6.07, 6.45) is 3.44. The van der Waals surface area contributed by atoms with Gasteiger partial charge in [0.1, 0.15) is 12.6 Å². The van der Waals surface area contributed by atoms with E-state index < -0.39 is 12.1 Å². The highest BCUT2D eigenvalue weighted by atomic mass is 16.6. The minimum absolute atomic E-state index is 0.143. The molecule has 2 aliphatic rings. The highest BCUT2D eigenvalue weighted by Crippen LogP contribution is 2.29. The Morgan fingerprint density at radius 2 is 1.87 bits per heavy atom. The maximum Gasteiger partial charge on any atom is 0.416 e.